The number of rotatable bonds is 6. The van der Waals surface area contributed by atoms with Gasteiger partial charge in [-0.25, -0.2) is 0 Å². The van der Waals surface area contributed by atoms with Crippen molar-refractivity contribution in [3.8, 4) is 0 Å². The largest absolute Gasteiger partial charge is 0.314 e. The summed E-state index contributed by atoms with van der Waals surface area (Å²) < 4.78 is 0. The van der Waals surface area contributed by atoms with Gasteiger partial charge in [0.05, 0.1) is 0 Å². The van der Waals surface area contributed by atoms with Gasteiger partial charge < -0.3 is 5.32 Å². The molecule has 1 aliphatic carbocycles. The van der Waals surface area contributed by atoms with Crippen LogP contribution in [0.3, 0.4) is 0 Å². The molecule has 0 amide bonds. The van der Waals surface area contributed by atoms with Crippen LogP contribution in [0.2, 0.25) is 0 Å². The third-order valence-electron chi connectivity index (χ3n) is 3.58. The van der Waals surface area contributed by atoms with E-state index in [1.165, 1.54) is 58.7 Å². The molecule has 1 saturated carbocycles. The van der Waals surface area contributed by atoms with E-state index in [9.17, 15) is 0 Å². The highest BCUT2D eigenvalue weighted by Gasteiger charge is 2.29. The smallest absolute Gasteiger partial charge is 0.0112 e. The fourth-order valence-corrected chi connectivity index (χ4v) is 2.54. The van der Waals surface area contributed by atoms with Gasteiger partial charge in [0.2, 0.25) is 0 Å². The number of nitrogens with one attached hydrogen (secondary N) is 1. The van der Waals surface area contributed by atoms with Crippen LogP contribution in [-0.2, 0) is 0 Å². The van der Waals surface area contributed by atoms with Crippen molar-refractivity contribution in [2.45, 2.75) is 32.7 Å². The monoisotopic (exact) mass is 297 g/mol. The summed E-state index contributed by atoms with van der Waals surface area (Å²) in [4.78, 5) is 5.32. The zero-order valence-electron chi connectivity index (χ0n) is 11.7. The zero-order chi connectivity index (χ0) is 11.4. The van der Waals surface area contributed by atoms with Crippen molar-refractivity contribution < 1.29 is 0 Å². The van der Waals surface area contributed by atoms with Crippen LogP contribution in [0, 0.1) is 5.92 Å². The molecule has 2 rings (SSSR count). The Bertz CT molecular complexity index is 204. The molecule has 0 spiro atoms. The van der Waals surface area contributed by atoms with Gasteiger partial charge in [-0.2, -0.15) is 0 Å². The van der Waals surface area contributed by atoms with Crippen molar-refractivity contribution in [2.75, 3.05) is 45.8 Å². The first kappa shape index (κ1) is 18.5. The summed E-state index contributed by atoms with van der Waals surface area (Å²) in [6.45, 7) is 13.3. The van der Waals surface area contributed by atoms with E-state index in [2.05, 4.69) is 29.0 Å². The zero-order valence-corrected chi connectivity index (χ0v) is 13.4. The molecule has 0 bridgehead atoms. The Hall–Kier alpha value is 0.460. The Morgan fingerprint density at radius 2 is 1.78 bits per heavy atom. The van der Waals surface area contributed by atoms with Crippen LogP contribution in [0.25, 0.3) is 0 Å². The van der Waals surface area contributed by atoms with E-state index in [0.29, 0.717) is 0 Å². The van der Waals surface area contributed by atoms with Crippen molar-refractivity contribution >= 4 is 24.8 Å². The van der Waals surface area contributed by atoms with Gasteiger partial charge in [-0.05, 0) is 18.8 Å². The lowest BCUT2D eigenvalue weighted by molar-refractivity contribution is 0.172. The minimum absolute atomic E-state index is 0. The fraction of sp³-hybridized carbons (Fsp3) is 1.00. The molecule has 2 fully saturated rings. The van der Waals surface area contributed by atoms with Crippen molar-refractivity contribution in [1.82, 2.24) is 15.1 Å². The standard InChI is InChI=1S/C13H27N3.2ClH/c1-12(2)11-16(13-3-4-13)10-9-15-7-5-14-6-8-15;;/h12-14H,3-11H2,1-2H3;2*1H. The fourth-order valence-electron chi connectivity index (χ4n) is 2.54. The van der Waals surface area contributed by atoms with E-state index < -0.39 is 0 Å². The lowest BCUT2D eigenvalue weighted by Gasteiger charge is -2.31. The first-order valence-corrected chi connectivity index (χ1v) is 6.93. The van der Waals surface area contributed by atoms with Crippen LogP contribution in [0.5, 0.6) is 0 Å². The molecule has 0 unspecified atom stereocenters. The molecular weight excluding hydrogens is 269 g/mol. The van der Waals surface area contributed by atoms with Gasteiger partial charge in [-0.15, -0.1) is 24.8 Å². The van der Waals surface area contributed by atoms with E-state index in [0.717, 1.165) is 12.0 Å². The molecule has 1 aliphatic heterocycles. The van der Waals surface area contributed by atoms with Gasteiger partial charge in [-0.1, -0.05) is 13.8 Å². The second-order valence-corrected chi connectivity index (χ2v) is 5.71. The average molecular weight is 298 g/mol. The van der Waals surface area contributed by atoms with Gasteiger partial charge >= 0.3 is 0 Å². The van der Waals surface area contributed by atoms with Crippen molar-refractivity contribution in [3.63, 3.8) is 0 Å². The third kappa shape index (κ3) is 6.58. The van der Waals surface area contributed by atoms with Crippen LogP contribution in [0.15, 0.2) is 0 Å². The normalized spacial score (nSPS) is 20.7. The minimum Gasteiger partial charge on any atom is -0.314 e. The SMILES string of the molecule is CC(C)CN(CCN1CCNCC1)C1CC1.Cl.Cl. The van der Waals surface area contributed by atoms with E-state index in [4.69, 9.17) is 0 Å². The predicted molar refractivity (Wildman–Crippen MR) is 83.2 cm³/mol. The van der Waals surface area contributed by atoms with E-state index >= 15 is 0 Å². The Morgan fingerprint density at radius 3 is 2.28 bits per heavy atom. The molecule has 18 heavy (non-hydrogen) atoms. The predicted octanol–water partition coefficient (Wildman–Crippen LogP) is 1.86. The Kier molecular flexibility index (Phi) is 9.62. The second-order valence-electron chi connectivity index (χ2n) is 5.71. The van der Waals surface area contributed by atoms with Gasteiger partial charge in [0.1, 0.15) is 0 Å². The van der Waals surface area contributed by atoms with Gasteiger partial charge in [0.25, 0.3) is 0 Å². The second kappa shape index (κ2) is 9.38. The molecule has 5 heteroatoms. The molecule has 0 atom stereocenters. The van der Waals surface area contributed by atoms with Gasteiger partial charge in [-0.3, -0.25) is 9.80 Å². The maximum absolute atomic E-state index is 3.41. The average Bonchev–Trinajstić information content (AvgIpc) is 3.09. The Labute approximate surface area is 124 Å². The molecule has 0 aromatic carbocycles. The highest BCUT2D eigenvalue weighted by atomic mass is 35.5. The quantitative estimate of drug-likeness (QED) is 0.807. The number of hydrogen-bond acceptors (Lipinski definition) is 3. The maximum atomic E-state index is 3.41. The Balaban J connectivity index is 0.00000144. The van der Waals surface area contributed by atoms with E-state index in [-0.39, 0.29) is 24.8 Å². The summed E-state index contributed by atoms with van der Waals surface area (Å²) in [6, 6.07) is 0.922. The highest BCUT2D eigenvalue weighted by Crippen LogP contribution is 2.27. The lowest BCUT2D eigenvalue weighted by atomic mass is 10.2. The number of piperazine rings is 1. The summed E-state index contributed by atoms with van der Waals surface area (Å²) in [6.07, 6.45) is 2.88. The van der Waals surface area contributed by atoms with Crippen molar-refractivity contribution in [1.29, 1.82) is 0 Å². The molecule has 0 radical (unpaired) electrons. The third-order valence-corrected chi connectivity index (χ3v) is 3.58. The molecule has 0 aromatic rings. The molecular formula is C13H29Cl2N3. The summed E-state index contributed by atoms with van der Waals surface area (Å²) in [5.41, 5.74) is 0. The molecule has 0 aromatic heterocycles. The number of halogens is 2. The minimum atomic E-state index is 0. The summed E-state index contributed by atoms with van der Waals surface area (Å²) in [5.74, 6) is 0.809. The van der Waals surface area contributed by atoms with Crippen LogP contribution in [-0.4, -0.2) is 61.7 Å². The first-order valence-electron chi connectivity index (χ1n) is 6.93. The summed E-state index contributed by atoms with van der Waals surface area (Å²) in [7, 11) is 0. The Morgan fingerprint density at radius 1 is 1.17 bits per heavy atom. The molecule has 1 saturated heterocycles. The maximum Gasteiger partial charge on any atom is 0.0112 e. The molecule has 1 heterocycles. The summed E-state index contributed by atoms with van der Waals surface area (Å²) >= 11 is 0. The van der Waals surface area contributed by atoms with Crippen LogP contribution < -0.4 is 5.32 Å². The van der Waals surface area contributed by atoms with Gasteiger partial charge in [0.15, 0.2) is 0 Å². The van der Waals surface area contributed by atoms with Crippen molar-refractivity contribution in [2.24, 2.45) is 5.92 Å². The topological polar surface area (TPSA) is 18.5 Å². The van der Waals surface area contributed by atoms with Crippen LogP contribution in [0.1, 0.15) is 26.7 Å². The lowest BCUT2D eigenvalue weighted by Crippen LogP contribution is -2.47. The summed E-state index contributed by atoms with van der Waals surface area (Å²) in [5, 5.41) is 3.41. The van der Waals surface area contributed by atoms with E-state index in [1.54, 1.807) is 0 Å². The molecule has 3 nitrogen and oxygen atoms in total. The first-order chi connectivity index (χ1) is 7.75. The van der Waals surface area contributed by atoms with Crippen LogP contribution in [0.4, 0.5) is 0 Å². The number of nitrogens with zero attached hydrogens (tertiary/aromatic N) is 2. The molecule has 110 valence electrons. The molecule has 2 aliphatic rings. The van der Waals surface area contributed by atoms with Crippen LogP contribution >= 0.6 is 24.8 Å². The van der Waals surface area contributed by atoms with Gasteiger partial charge in [0, 0.05) is 51.9 Å². The van der Waals surface area contributed by atoms with Crippen molar-refractivity contribution in [3.05, 3.63) is 0 Å². The molecule has 1 N–H and O–H groups in total. The van der Waals surface area contributed by atoms with E-state index in [1.807, 2.05) is 0 Å². The highest BCUT2D eigenvalue weighted by molar-refractivity contribution is 5.85. The number of hydrogen-bond donors (Lipinski definition) is 1.